The Morgan fingerprint density at radius 1 is 1.19 bits per heavy atom. The standard InChI is InChI=1S/C21H16BrCl2F3N2O2/c22-17-5-12(3-4-13(17)10-28-19(30)11-1-2-11)18-9-20(31-29-18,21(25,26)27)14-6-15(23)8-16(24)7-14/h3-8,11H,1-2,9-10H2,(H,28,30). The molecule has 1 saturated carbocycles. The Morgan fingerprint density at radius 2 is 1.87 bits per heavy atom. The summed E-state index contributed by atoms with van der Waals surface area (Å²) in [6.07, 6.45) is -3.47. The van der Waals surface area contributed by atoms with Gasteiger partial charge in [-0.15, -0.1) is 0 Å². The summed E-state index contributed by atoms with van der Waals surface area (Å²) in [7, 11) is 0. The second-order valence-electron chi connectivity index (χ2n) is 7.59. The molecule has 1 amide bonds. The first-order valence-electron chi connectivity index (χ1n) is 9.44. The van der Waals surface area contributed by atoms with E-state index >= 15 is 0 Å². The number of benzene rings is 2. The number of nitrogens with one attached hydrogen (secondary N) is 1. The summed E-state index contributed by atoms with van der Waals surface area (Å²) >= 11 is 15.3. The van der Waals surface area contributed by atoms with Crippen molar-refractivity contribution in [2.45, 2.75) is 37.6 Å². The molecule has 1 aliphatic carbocycles. The number of hydrogen-bond donors (Lipinski definition) is 1. The number of alkyl halides is 3. The molecule has 1 heterocycles. The molecule has 10 heteroatoms. The van der Waals surface area contributed by atoms with Gasteiger partial charge in [-0.25, -0.2) is 0 Å². The molecule has 1 aliphatic heterocycles. The summed E-state index contributed by atoms with van der Waals surface area (Å²) in [5, 5.41) is 6.76. The van der Waals surface area contributed by atoms with Crippen LogP contribution < -0.4 is 5.32 Å². The molecule has 31 heavy (non-hydrogen) atoms. The first-order chi connectivity index (χ1) is 14.6. The molecule has 0 aromatic heterocycles. The van der Waals surface area contributed by atoms with Crippen molar-refractivity contribution in [2.75, 3.05) is 0 Å². The number of nitrogens with zero attached hydrogens (tertiary/aromatic N) is 1. The highest BCUT2D eigenvalue weighted by atomic mass is 79.9. The minimum atomic E-state index is -4.75. The minimum Gasteiger partial charge on any atom is -0.374 e. The first-order valence-corrected chi connectivity index (χ1v) is 11.0. The highest BCUT2D eigenvalue weighted by Crippen LogP contribution is 2.49. The number of halogens is 6. The minimum absolute atomic E-state index is 0.0136. The van der Waals surface area contributed by atoms with Crippen molar-refractivity contribution >= 4 is 50.8 Å². The van der Waals surface area contributed by atoms with Gasteiger partial charge in [0.15, 0.2) is 0 Å². The summed E-state index contributed by atoms with van der Waals surface area (Å²) in [4.78, 5) is 16.9. The van der Waals surface area contributed by atoms with Crippen LogP contribution in [-0.2, 0) is 21.8 Å². The Labute approximate surface area is 194 Å². The second kappa shape index (κ2) is 8.30. The Hall–Kier alpha value is -1.77. The smallest absolute Gasteiger partial charge is 0.374 e. The number of carbonyl (C=O) groups is 1. The van der Waals surface area contributed by atoms with Gasteiger partial charge in [-0.3, -0.25) is 4.79 Å². The quantitative estimate of drug-likeness (QED) is 0.484. The zero-order valence-electron chi connectivity index (χ0n) is 15.9. The van der Waals surface area contributed by atoms with Crippen LogP contribution in [-0.4, -0.2) is 17.8 Å². The Morgan fingerprint density at radius 3 is 2.45 bits per heavy atom. The van der Waals surface area contributed by atoms with Gasteiger partial charge in [0.2, 0.25) is 5.91 Å². The number of hydrogen-bond acceptors (Lipinski definition) is 3. The van der Waals surface area contributed by atoms with Gasteiger partial charge in [-0.05, 0) is 42.7 Å². The maximum atomic E-state index is 14.1. The maximum Gasteiger partial charge on any atom is 0.435 e. The third-order valence-electron chi connectivity index (χ3n) is 5.30. The Bertz CT molecular complexity index is 1050. The molecule has 164 valence electrons. The van der Waals surface area contributed by atoms with Crippen LogP contribution in [0, 0.1) is 5.92 Å². The largest absolute Gasteiger partial charge is 0.435 e. The van der Waals surface area contributed by atoms with E-state index in [1.807, 2.05) is 0 Å². The van der Waals surface area contributed by atoms with Crippen LogP contribution >= 0.6 is 39.1 Å². The van der Waals surface area contributed by atoms with E-state index in [2.05, 4.69) is 26.4 Å². The van der Waals surface area contributed by atoms with Crippen molar-refractivity contribution in [1.29, 1.82) is 0 Å². The Balaban J connectivity index is 1.57. The molecule has 0 spiro atoms. The molecule has 1 fully saturated rings. The topological polar surface area (TPSA) is 50.7 Å². The SMILES string of the molecule is O=C(NCc1ccc(C2=NOC(c3cc(Cl)cc(Cl)c3)(C(F)(F)F)C2)cc1Br)C1CC1. The number of rotatable bonds is 5. The van der Waals surface area contributed by atoms with E-state index in [0.717, 1.165) is 18.4 Å². The average molecular weight is 536 g/mol. The maximum absolute atomic E-state index is 14.1. The normalized spacial score (nSPS) is 20.9. The fourth-order valence-electron chi connectivity index (χ4n) is 3.39. The predicted octanol–water partition coefficient (Wildman–Crippen LogP) is 6.36. The van der Waals surface area contributed by atoms with Crippen molar-refractivity contribution in [3.8, 4) is 0 Å². The lowest BCUT2D eigenvalue weighted by Gasteiger charge is -2.29. The van der Waals surface area contributed by atoms with Gasteiger partial charge in [0.25, 0.3) is 5.60 Å². The predicted molar refractivity (Wildman–Crippen MR) is 115 cm³/mol. The molecule has 2 aromatic rings. The van der Waals surface area contributed by atoms with Gasteiger partial charge in [-0.1, -0.05) is 56.4 Å². The van der Waals surface area contributed by atoms with Crippen LogP contribution in [0.15, 0.2) is 46.0 Å². The summed E-state index contributed by atoms with van der Waals surface area (Å²) in [6.45, 7) is 0.326. The third-order valence-corrected chi connectivity index (χ3v) is 6.48. The van der Waals surface area contributed by atoms with Crippen molar-refractivity contribution < 1.29 is 22.8 Å². The summed E-state index contributed by atoms with van der Waals surface area (Å²) in [6, 6.07) is 8.77. The fraction of sp³-hybridized carbons (Fsp3) is 0.333. The van der Waals surface area contributed by atoms with E-state index in [9.17, 15) is 18.0 Å². The van der Waals surface area contributed by atoms with Gasteiger partial charge >= 0.3 is 6.18 Å². The van der Waals surface area contributed by atoms with Crippen molar-refractivity contribution in [1.82, 2.24) is 5.32 Å². The van der Waals surface area contributed by atoms with Gasteiger partial charge < -0.3 is 10.2 Å². The number of oxime groups is 1. The van der Waals surface area contributed by atoms with E-state index in [1.165, 1.54) is 18.2 Å². The average Bonchev–Trinajstić information content (AvgIpc) is 3.43. The van der Waals surface area contributed by atoms with E-state index in [-0.39, 0.29) is 33.1 Å². The summed E-state index contributed by atoms with van der Waals surface area (Å²) in [5.74, 6) is 0.109. The molecule has 0 bridgehead atoms. The monoisotopic (exact) mass is 534 g/mol. The highest BCUT2D eigenvalue weighted by molar-refractivity contribution is 9.10. The molecule has 2 aromatic carbocycles. The molecule has 4 nitrogen and oxygen atoms in total. The van der Waals surface area contributed by atoms with Crippen molar-refractivity contribution in [3.05, 3.63) is 67.6 Å². The summed E-state index contributed by atoms with van der Waals surface area (Å²) < 4.78 is 43.0. The van der Waals surface area contributed by atoms with Crippen molar-refractivity contribution in [2.24, 2.45) is 11.1 Å². The first kappa shape index (κ1) is 22.4. The van der Waals surface area contributed by atoms with E-state index in [4.69, 9.17) is 28.0 Å². The molecule has 0 saturated heterocycles. The van der Waals surface area contributed by atoms with E-state index < -0.39 is 18.2 Å². The zero-order chi connectivity index (χ0) is 22.4. The molecule has 4 rings (SSSR count). The van der Waals surface area contributed by atoms with E-state index in [0.29, 0.717) is 16.6 Å². The second-order valence-corrected chi connectivity index (χ2v) is 9.31. The number of amides is 1. The van der Waals surface area contributed by atoms with Crippen LogP contribution in [0.4, 0.5) is 13.2 Å². The molecule has 1 atom stereocenters. The van der Waals surface area contributed by atoms with Crippen LogP contribution in [0.2, 0.25) is 10.0 Å². The zero-order valence-corrected chi connectivity index (χ0v) is 19.0. The van der Waals surface area contributed by atoms with Crippen LogP contribution in [0.1, 0.15) is 36.0 Å². The van der Waals surface area contributed by atoms with Crippen molar-refractivity contribution in [3.63, 3.8) is 0 Å². The number of carbonyl (C=O) groups excluding carboxylic acids is 1. The molecular weight excluding hydrogens is 520 g/mol. The fourth-order valence-corrected chi connectivity index (χ4v) is 4.43. The third kappa shape index (κ3) is 4.56. The molecule has 1 unspecified atom stereocenters. The van der Waals surface area contributed by atoms with Crippen LogP contribution in [0.3, 0.4) is 0 Å². The van der Waals surface area contributed by atoms with Crippen LogP contribution in [0.25, 0.3) is 0 Å². The van der Waals surface area contributed by atoms with Gasteiger partial charge in [0.1, 0.15) is 0 Å². The van der Waals surface area contributed by atoms with Gasteiger partial charge in [0.05, 0.1) is 5.71 Å². The molecule has 2 aliphatic rings. The lowest BCUT2D eigenvalue weighted by Crippen LogP contribution is -2.42. The van der Waals surface area contributed by atoms with Gasteiger partial charge in [0, 0.05) is 44.5 Å². The lowest BCUT2D eigenvalue weighted by atomic mass is 9.86. The molecular formula is C21H16BrCl2F3N2O2. The van der Waals surface area contributed by atoms with Crippen LogP contribution in [0.5, 0.6) is 0 Å². The summed E-state index contributed by atoms with van der Waals surface area (Å²) in [5.41, 5.74) is -1.47. The van der Waals surface area contributed by atoms with Gasteiger partial charge in [-0.2, -0.15) is 13.2 Å². The van der Waals surface area contributed by atoms with E-state index in [1.54, 1.807) is 18.2 Å². The highest BCUT2D eigenvalue weighted by Gasteiger charge is 2.62. The molecule has 1 N–H and O–H groups in total. The lowest BCUT2D eigenvalue weighted by molar-refractivity contribution is -0.275. The molecule has 0 radical (unpaired) electrons. The Kier molecular flexibility index (Phi) is 6.00.